The highest BCUT2D eigenvalue weighted by molar-refractivity contribution is 7.89. The van der Waals surface area contributed by atoms with Crippen molar-refractivity contribution in [1.82, 2.24) is 14.5 Å². The Morgan fingerprint density at radius 1 is 1.00 bits per heavy atom. The quantitative estimate of drug-likeness (QED) is 0.521. The zero-order valence-electron chi connectivity index (χ0n) is 20.4. The van der Waals surface area contributed by atoms with Gasteiger partial charge in [0.15, 0.2) is 0 Å². The second-order valence-corrected chi connectivity index (χ2v) is 12.3. The molecule has 0 bridgehead atoms. The van der Waals surface area contributed by atoms with Crippen LogP contribution in [0.3, 0.4) is 0 Å². The smallest absolute Gasteiger partial charge is 0.319 e. The molecule has 4 N–H and O–H groups in total. The molecule has 0 radical (unpaired) electrons. The number of anilines is 1. The maximum absolute atomic E-state index is 13.1. The number of piperidine rings is 1. The molecule has 194 valence electrons. The summed E-state index contributed by atoms with van der Waals surface area (Å²) in [6.45, 7) is 6.57. The highest BCUT2D eigenvalue weighted by Crippen LogP contribution is 2.38. The van der Waals surface area contributed by atoms with Gasteiger partial charge in [-0.3, -0.25) is 19.8 Å². The van der Waals surface area contributed by atoms with Crippen LogP contribution in [0.25, 0.3) is 0 Å². The number of nitrogens with two attached hydrogens (primary N) is 1. The predicted molar refractivity (Wildman–Crippen MR) is 138 cm³/mol. The fourth-order valence-corrected chi connectivity index (χ4v) is 7.36. The van der Waals surface area contributed by atoms with Crippen molar-refractivity contribution in [2.24, 2.45) is 5.73 Å². The van der Waals surface area contributed by atoms with Crippen LogP contribution in [-0.4, -0.2) is 61.1 Å². The van der Waals surface area contributed by atoms with Crippen LogP contribution in [-0.2, 0) is 23.0 Å². The van der Waals surface area contributed by atoms with E-state index in [0.717, 1.165) is 36.2 Å². The molecule has 2 aliphatic heterocycles. The largest absolute Gasteiger partial charge is 0.351 e. The van der Waals surface area contributed by atoms with Gasteiger partial charge >= 0.3 is 6.03 Å². The molecule has 4 rings (SSSR count). The van der Waals surface area contributed by atoms with Crippen molar-refractivity contribution < 1.29 is 22.8 Å². The highest BCUT2D eigenvalue weighted by atomic mass is 32.2. The first-order valence-electron chi connectivity index (χ1n) is 12.0. The molecule has 36 heavy (non-hydrogen) atoms. The molecule has 0 aliphatic carbocycles. The number of hydrogen-bond acceptors (Lipinski definition) is 7. The lowest BCUT2D eigenvalue weighted by atomic mass is 10.0. The van der Waals surface area contributed by atoms with Crippen LogP contribution in [0.1, 0.15) is 64.3 Å². The van der Waals surface area contributed by atoms with Crippen molar-refractivity contribution in [3.05, 3.63) is 45.8 Å². The summed E-state index contributed by atoms with van der Waals surface area (Å²) in [5.74, 6) is -1.14. The number of carbonyl (C=O) groups excluding carboxylic acids is 3. The zero-order chi connectivity index (χ0) is 26.0. The molecule has 0 atom stereocenters. The van der Waals surface area contributed by atoms with E-state index in [4.69, 9.17) is 5.73 Å². The molecule has 0 unspecified atom stereocenters. The number of primary amides is 1. The van der Waals surface area contributed by atoms with E-state index >= 15 is 0 Å². The van der Waals surface area contributed by atoms with Crippen LogP contribution in [0.4, 0.5) is 9.80 Å². The Labute approximate surface area is 214 Å². The number of rotatable bonds is 6. The summed E-state index contributed by atoms with van der Waals surface area (Å²) in [6.07, 6.45) is 3.30. The summed E-state index contributed by atoms with van der Waals surface area (Å²) in [5, 5.41) is 5.23. The van der Waals surface area contributed by atoms with E-state index in [9.17, 15) is 22.8 Å². The third-order valence-electron chi connectivity index (χ3n) is 6.58. The molecule has 1 fully saturated rings. The van der Waals surface area contributed by atoms with E-state index in [-0.39, 0.29) is 16.0 Å². The van der Waals surface area contributed by atoms with Gasteiger partial charge in [-0.25, -0.2) is 13.2 Å². The summed E-state index contributed by atoms with van der Waals surface area (Å²) in [5.41, 5.74) is 6.47. The van der Waals surface area contributed by atoms with Crippen molar-refractivity contribution >= 4 is 44.2 Å². The third-order valence-corrected chi connectivity index (χ3v) is 9.62. The number of sulfonamides is 1. The first-order chi connectivity index (χ1) is 17.1. The molecule has 2 aliphatic rings. The lowest BCUT2D eigenvalue weighted by Crippen LogP contribution is -2.38. The Hall–Kier alpha value is -2.80. The topological polar surface area (TPSA) is 142 Å². The van der Waals surface area contributed by atoms with Crippen LogP contribution in [0, 0.1) is 0 Å². The number of benzene rings is 1. The summed E-state index contributed by atoms with van der Waals surface area (Å²) in [7, 11) is -3.61. The Bertz CT molecular complexity index is 1260. The Kier molecular flexibility index (Phi) is 7.79. The second kappa shape index (κ2) is 10.7. The fraction of sp³-hybridized carbons (Fsp3) is 0.458. The minimum atomic E-state index is -3.61. The average molecular weight is 534 g/mol. The first kappa shape index (κ1) is 26.3. The number of imide groups is 1. The molecule has 10 nitrogen and oxygen atoms in total. The second-order valence-electron chi connectivity index (χ2n) is 9.28. The summed E-state index contributed by atoms with van der Waals surface area (Å²) in [6, 6.07) is 5.13. The monoisotopic (exact) mass is 533 g/mol. The van der Waals surface area contributed by atoms with Crippen molar-refractivity contribution in [3.8, 4) is 0 Å². The Morgan fingerprint density at radius 3 is 2.28 bits per heavy atom. The number of nitrogens with one attached hydrogen (secondary N) is 2. The van der Waals surface area contributed by atoms with Crippen molar-refractivity contribution in [2.45, 2.75) is 57.0 Å². The van der Waals surface area contributed by atoms with Crippen LogP contribution in [0.5, 0.6) is 0 Å². The maximum atomic E-state index is 13.1. The lowest BCUT2D eigenvalue weighted by Gasteiger charge is -2.30. The summed E-state index contributed by atoms with van der Waals surface area (Å²) < 4.78 is 27.3. The zero-order valence-corrected chi connectivity index (χ0v) is 22.0. The maximum Gasteiger partial charge on any atom is 0.319 e. The number of fused-ring (bicyclic) bond motifs is 1. The van der Waals surface area contributed by atoms with Crippen LogP contribution >= 0.6 is 11.3 Å². The molecule has 3 heterocycles. The van der Waals surface area contributed by atoms with Crippen molar-refractivity contribution in [2.75, 3.05) is 25.0 Å². The normalized spacial score (nSPS) is 17.0. The van der Waals surface area contributed by atoms with Gasteiger partial charge in [-0.15, -0.1) is 11.3 Å². The average Bonchev–Trinajstić information content (AvgIpc) is 3.21. The highest BCUT2D eigenvalue weighted by Gasteiger charge is 2.30. The van der Waals surface area contributed by atoms with Crippen LogP contribution < -0.4 is 16.4 Å². The van der Waals surface area contributed by atoms with Gasteiger partial charge in [0, 0.05) is 42.7 Å². The molecule has 4 amide bonds. The summed E-state index contributed by atoms with van der Waals surface area (Å²) in [4.78, 5) is 40.6. The number of thiophene rings is 1. The fourth-order valence-electron chi connectivity index (χ4n) is 4.57. The Morgan fingerprint density at radius 2 is 1.67 bits per heavy atom. The minimum absolute atomic E-state index is 0.142. The van der Waals surface area contributed by atoms with E-state index in [1.165, 1.54) is 39.9 Å². The molecule has 0 spiro atoms. The molecule has 12 heteroatoms. The van der Waals surface area contributed by atoms with Gasteiger partial charge < -0.3 is 11.1 Å². The summed E-state index contributed by atoms with van der Waals surface area (Å²) >= 11 is 1.30. The van der Waals surface area contributed by atoms with Crippen LogP contribution in [0.2, 0.25) is 0 Å². The van der Waals surface area contributed by atoms with E-state index in [1.54, 1.807) is 0 Å². The Balaban J connectivity index is 1.57. The van der Waals surface area contributed by atoms with Gasteiger partial charge in [0.25, 0.3) is 11.8 Å². The molecule has 0 saturated carbocycles. The van der Waals surface area contributed by atoms with Gasteiger partial charge in [-0.05, 0) is 62.9 Å². The van der Waals surface area contributed by atoms with Gasteiger partial charge in [0.05, 0.1) is 10.5 Å². The SMILES string of the molecule is CC(C)N1CCc2c(sc(NC(=O)c3ccc(S(=O)(=O)N4CCCCC4)cc3)c2C(=O)NC(N)=O)C1. The minimum Gasteiger partial charge on any atom is -0.351 e. The number of amides is 4. The van der Waals surface area contributed by atoms with E-state index in [2.05, 4.69) is 29.4 Å². The van der Waals surface area contributed by atoms with Crippen molar-refractivity contribution in [1.29, 1.82) is 0 Å². The standard InChI is InChI=1S/C24H31N5O5S2/c1-15(2)28-13-10-18-19(14-28)35-23(20(18)22(31)27-24(25)32)26-21(30)16-6-8-17(9-7-16)36(33,34)29-11-4-3-5-12-29/h6-9,15H,3-5,10-14H2,1-2H3,(H,26,30)(H3,25,27,31,32). The van der Waals surface area contributed by atoms with Gasteiger partial charge in [-0.1, -0.05) is 6.42 Å². The molecular weight excluding hydrogens is 502 g/mol. The van der Waals surface area contributed by atoms with E-state index in [1.807, 2.05) is 0 Å². The van der Waals surface area contributed by atoms with E-state index in [0.29, 0.717) is 37.1 Å². The number of urea groups is 1. The third kappa shape index (κ3) is 5.46. The first-order valence-corrected chi connectivity index (χ1v) is 14.2. The van der Waals surface area contributed by atoms with Crippen LogP contribution in [0.15, 0.2) is 29.2 Å². The van der Waals surface area contributed by atoms with E-state index < -0.39 is 27.9 Å². The molecule has 1 saturated heterocycles. The van der Waals surface area contributed by atoms with Gasteiger partial charge in [-0.2, -0.15) is 4.31 Å². The van der Waals surface area contributed by atoms with Crippen molar-refractivity contribution in [3.63, 3.8) is 0 Å². The number of nitrogens with zero attached hydrogens (tertiary/aromatic N) is 2. The molecular formula is C24H31N5O5S2. The van der Waals surface area contributed by atoms with Gasteiger partial charge in [0.2, 0.25) is 10.0 Å². The number of hydrogen-bond donors (Lipinski definition) is 3. The molecule has 2 aromatic rings. The number of carbonyl (C=O) groups is 3. The predicted octanol–water partition coefficient (Wildman–Crippen LogP) is 2.75. The lowest BCUT2D eigenvalue weighted by molar-refractivity contribution is 0.0965. The van der Waals surface area contributed by atoms with Gasteiger partial charge in [0.1, 0.15) is 5.00 Å². The molecule has 1 aromatic carbocycles. The molecule has 1 aromatic heterocycles.